The molecule has 0 saturated heterocycles. The van der Waals surface area contributed by atoms with Gasteiger partial charge in [0, 0.05) is 21.3 Å². The minimum Gasteiger partial charge on any atom is -0.374 e. The zero-order valence-corrected chi connectivity index (χ0v) is 11.2. The van der Waals surface area contributed by atoms with Crippen LogP contribution in [0, 0.1) is 0 Å². The molecule has 1 aromatic carbocycles. The highest BCUT2D eigenvalue weighted by Gasteiger charge is 2.40. The first-order valence-corrected chi connectivity index (χ1v) is 6.80. The summed E-state index contributed by atoms with van der Waals surface area (Å²) in [7, 11) is 2.20. The summed E-state index contributed by atoms with van der Waals surface area (Å²) in [5.74, 6) is 0. The quantitative estimate of drug-likeness (QED) is 0.738. The molecule has 0 unspecified atom stereocenters. The van der Waals surface area contributed by atoms with Gasteiger partial charge < -0.3 is 13.3 Å². The highest BCUT2D eigenvalue weighted by molar-refractivity contribution is 6.69. The van der Waals surface area contributed by atoms with Crippen molar-refractivity contribution in [3.8, 4) is 0 Å². The van der Waals surface area contributed by atoms with E-state index in [9.17, 15) is 0 Å². The molecule has 0 atom stereocenters. The first kappa shape index (κ1) is 13.1. The smallest absolute Gasteiger partial charge is 0.374 e. The third-order valence-electron chi connectivity index (χ3n) is 2.47. The molecule has 0 N–H and O–H groups in total. The summed E-state index contributed by atoms with van der Waals surface area (Å²) in [4.78, 5) is 0. The second-order valence-corrected chi connectivity index (χ2v) is 6.53. The second-order valence-electron chi connectivity index (χ2n) is 3.41. The van der Waals surface area contributed by atoms with E-state index in [0.29, 0.717) is 0 Å². The second kappa shape index (κ2) is 5.96. The Balaban J connectivity index is 2.99. The van der Waals surface area contributed by atoms with Gasteiger partial charge in [-0.2, -0.15) is 0 Å². The van der Waals surface area contributed by atoms with E-state index in [-0.39, 0.29) is 0 Å². The average molecular weight is 238 g/mol. The van der Waals surface area contributed by atoms with E-state index in [1.165, 1.54) is 0 Å². The standard InChI is InChI=1S/C12H18O3Si/c1-11(16(13-2,14-3)15-4)10-12-8-6-5-7-9-12/h5-10H,1-4H3. The largest absolute Gasteiger partial charge is 0.531 e. The van der Waals surface area contributed by atoms with Crippen molar-refractivity contribution >= 4 is 14.9 Å². The summed E-state index contributed by atoms with van der Waals surface area (Å²) in [5, 5.41) is 0.992. The molecule has 0 amide bonds. The summed E-state index contributed by atoms with van der Waals surface area (Å²) >= 11 is 0. The van der Waals surface area contributed by atoms with Crippen LogP contribution in [0.15, 0.2) is 35.5 Å². The number of hydrogen-bond donors (Lipinski definition) is 0. The van der Waals surface area contributed by atoms with E-state index in [1.54, 1.807) is 21.3 Å². The Morgan fingerprint density at radius 1 is 1.00 bits per heavy atom. The summed E-state index contributed by atoms with van der Waals surface area (Å²) in [6.45, 7) is 1.97. The highest BCUT2D eigenvalue weighted by atomic mass is 28.4. The van der Waals surface area contributed by atoms with Crippen LogP contribution in [0.3, 0.4) is 0 Å². The van der Waals surface area contributed by atoms with Crippen molar-refractivity contribution < 1.29 is 13.3 Å². The fourth-order valence-electron chi connectivity index (χ4n) is 1.62. The van der Waals surface area contributed by atoms with Crippen LogP contribution in [-0.4, -0.2) is 30.1 Å². The average Bonchev–Trinajstić information content (AvgIpc) is 2.33. The summed E-state index contributed by atoms with van der Waals surface area (Å²) < 4.78 is 16.2. The van der Waals surface area contributed by atoms with E-state index < -0.39 is 8.80 Å². The zero-order chi connectivity index (χ0) is 12.0. The first-order chi connectivity index (χ1) is 7.68. The van der Waals surface area contributed by atoms with Crippen molar-refractivity contribution in [2.45, 2.75) is 6.92 Å². The maximum Gasteiger partial charge on any atom is 0.531 e. The van der Waals surface area contributed by atoms with Gasteiger partial charge in [-0.25, -0.2) is 0 Å². The molecule has 0 heterocycles. The minimum absolute atomic E-state index is 0.992. The van der Waals surface area contributed by atoms with Gasteiger partial charge in [0.1, 0.15) is 0 Å². The number of hydrogen-bond acceptors (Lipinski definition) is 3. The van der Waals surface area contributed by atoms with E-state index in [0.717, 1.165) is 10.8 Å². The van der Waals surface area contributed by atoms with Gasteiger partial charge >= 0.3 is 8.80 Å². The molecule has 0 spiro atoms. The molecule has 1 aromatic rings. The van der Waals surface area contributed by atoms with Gasteiger partial charge in [0.05, 0.1) is 0 Å². The molecule has 0 bridgehead atoms. The van der Waals surface area contributed by atoms with Crippen LogP contribution in [0.2, 0.25) is 0 Å². The third-order valence-corrected chi connectivity index (χ3v) is 5.19. The van der Waals surface area contributed by atoms with Gasteiger partial charge in [0.15, 0.2) is 0 Å². The summed E-state index contributed by atoms with van der Waals surface area (Å²) in [6, 6.07) is 10.0. The zero-order valence-electron chi connectivity index (χ0n) is 10.2. The lowest BCUT2D eigenvalue weighted by molar-refractivity contribution is 0.135. The minimum atomic E-state index is -2.64. The number of benzene rings is 1. The normalized spacial score (nSPS) is 12.9. The van der Waals surface area contributed by atoms with E-state index in [2.05, 4.69) is 0 Å². The molecule has 0 aliphatic heterocycles. The van der Waals surface area contributed by atoms with Gasteiger partial charge in [-0.1, -0.05) is 36.4 Å². The Kier molecular flexibility index (Phi) is 4.89. The van der Waals surface area contributed by atoms with Crippen molar-refractivity contribution in [2.24, 2.45) is 0 Å². The van der Waals surface area contributed by atoms with Crippen molar-refractivity contribution in [1.29, 1.82) is 0 Å². The predicted molar refractivity (Wildman–Crippen MR) is 66.9 cm³/mol. The van der Waals surface area contributed by atoms with Crippen molar-refractivity contribution in [2.75, 3.05) is 21.3 Å². The Bertz CT molecular complexity index is 336. The monoisotopic (exact) mass is 238 g/mol. The lowest BCUT2D eigenvalue weighted by Gasteiger charge is -2.25. The van der Waals surface area contributed by atoms with Gasteiger partial charge in [-0.3, -0.25) is 0 Å². The number of rotatable bonds is 5. The van der Waals surface area contributed by atoms with E-state index in [4.69, 9.17) is 13.3 Å². The molecular weight excluding hydrogens is 220 g/mol. The van der Waals surface area contributed by atoms with Crippen LogP contribution < -0.4 is 0 Å². The fourth-order valence-corrected chi connectivity index (χ4v) is 3.43. The fraction of sp³-hybridized carbons (Fsp3) is 0.333. The molecule has 1 rings (SSSR count). The molecule has 3 nitrogen and oxygen atoms in total. The topological polar surface area (TPSA) is 27.7 Å². The molecule has 0 aliphatic carbocycles. The lowest BCUT2D eigenvalue weighted by atomic mass is 10.2. The van der Waals surface area contributed by atoms with Crippen LogP contribution in [0.4, 0.5) is 0 Å². The highest BCUT2D eigenvalue weighted by Crippen LogP contribution is 2.19. The van der Waals surface area contributed by atoms with Crippen LogP contribution >= 0.6 is 0 Å². The maximum absolute atomic E-state index is 5.40. The molecule has 0 aromatic heterocycles. The molecule has 0 radical (unpaired) electrons. The molecule has 88 valence electrons. The molecule has 4 heteroatoms. The predicted octanol–water partition coefficient (Wildman–Crippen LogP) is 2.51. The lowest BCUT2D eigenvalue weighted by Crippen LogP contribution is -2.44. The van der Waals surface area contributed by atoms with Gasteiger partial charge in [-0.15, -0.1) is 0 Å². The van der Waals surface area contributed by atoms with E-state index in [1.807, 2.05) is 43.3 Å². The maximum atomic E-state index is 5.40. The molecule has 16 heavy (non-hydrogen) atoms. The Morgan fingerprint density at radius 2 is 1.50 bits per heavy atom. The third kappa shape index (κ3) is 2.80. The van der Waals surface area contributed by atoms with Gasteiger partial charge in [0.25, 0.3) is 0 Å². The summed E-state index contributed by atoms with van der Waals surface area (Å²) in [6.07, 6.45) is 2.03. The SMILES string of the molecule is CO[Si](OC)(OC)C(C)=Cc1ccccc1. The molecule has 0 fully saturated rings. The molecule has 0 saturated carbocycles. The van der Waals surface area contributed by atoms with Crippen molar-refractivity contribution in [3.05, 3.63) is 41.1 Å². The van der Waals surface area contributed by atoms with Gasteiger partial charge in [-0.05, 0) is 17.7 Å². The first-order valence-electron chi connectivity index (χ1n) is 5.08. The Hall–Kier alpha value is -0.943. The van der Waals surface area contributed by atoms with E-state index >= 15 is 0 Å². The molecular formula is C12H18O3Si. The Labute approximate surface area is 98.0 Å². The number of allylic oxidation sites excluding steroid dienone is 1. The van der Waals surface area contributed by atoms with Gasteiger partial charge in [0.2, 0.25) is 0 Å². The molecule has 0 aliphatic rings. The Morgan fingerprint density at radius 3 is 1.94 bits per heavy atom. The van der Waals surface area contributed by atoms with Crippen LogP contribution in [-0.2, 0) is 13.3 Å². The van der Waals surface area contributed by atoms with Crippen LogP contribution in [0.5, 0.6) is 0 Å². The van der Waals surface area contributed by atoms with Crippen molar-refractivity contribution in [3.63, 3.8) is 0 Å². The summed E-state index contributed by atoms with van der Waals surface area (Å²) in [5.41, 5.74) is 1.11. The van der Waals surface area contributed by atoms with Crippen LogP contribution in [0.1, 0.15) is 12.5 Å². The van der Waals surface area contributed by atoms with Crippen LogP contribution in [0.25, 0.3) is 6.08 Å². The van der Waals surface area contributed by atoms with Crippen molar-refractivity contribution in [1.82, 2.24) is 0 Å².